The Kier molecular flexibility index (Phi) is 4.39. The van der Waals surface area contributed by atoms with Crippen LogP contribution in [0, 0.1) is 0 Å². The zero-order chi connectivity index (χ0) is 13.7. The van der Waals surface area contributed by atoms with E-state index in [1.165, 1.54) is 30.9 Å². The third kappa shape index (κ3) is 3.05. The van der Waals surface area contributed by atoms with E-state index in [-0.39, 0.29) is 5.76 Å². The summed E-state index contributed by atoms with van der Waals surface area (Å²) < 4.78 is 9.68. The number of carbonyl (C=O) groups is 1. The summed E-state index contributed by atoms with van der Waals surface area (Å²) in [6.45, 7) is 0. The topological polar surface area (TPSA) is 35.5 Å². The van der Waals surface area contributed by atoms with Gasteiger partial charge in [0.15, 0.2) is 0 Å². The molecule has 1 aromatic carbocycles. The number of aryl methyl sites for hydroxylation is 1. The maximum atomic E-state index is 11.4. The lowest BCUT2D eigenvalue weighted by Gasteiger charge is -2.18. The minimum absolute atomic E-state index is 0.220. The minimum atomic E-state index is -0.455. The Morgan fingerprint density at radius 2 is 1.95 bits per heavy atom. The van der Waals surface area contributed by atoms with Gasteiger partial charge < -0.3 is 9.47 Å². The quantitative estimate of drug-likeness (QED) is 0.475. The third-order valence-corrected chi connectivity index (χ3v) is 3.30. The highest BCUT2D eigenvalue weighted by atomic mass is 16.6. The highest BCUT2D eigenvalue weighted by molar-refractivity contribution is 5.87. The summed E-state index contributed by atoms with van der Waals surface area (Å²) in [5, 5.41) is 0. The molecule has 0 amide bonds. The molecule has 0 saturated heterocycles. The van der Waals surface area contributed by atoms with Crippen molar-refractivity contribution in [3.63, 3.8) is 0 Å². The Hall–Kier alpha value is -2.03. The lowest BCUT2D eigenvalue weighted by molar-refractivity contribution is -0.139. The molecule has 1 aliphatic rings. The fraction of sp³-hybridized carbons (Fsp3) is 0.312. The summed E-state index contributed by atoms with van der Waals surface area (Å²) >= 11 is 0. The number of esters is 1. The van der Waals surface area contributed by atoms with Gasteiger partial charge in [-0.2, -0.15) is 0 Å². The van der Waals surface area contributed by atoms with Gasteiger partial charge in [-0.3, -0.25) is 0 Å². The van der Waals surface area contributed by atoms with Crippen molar-refractivity contribution in [2.45, 2.75) is 19.3 Å². The van der Waals surface area contributed by atoms with Crippen LogP contribution in [-0.2, 0) is 20.7 Å². The third-order valence-electron chi connectivity index (χ3n) is 3.30. The molecule has 1 aromatic rings. The van der Waals surface area contributed by atoms with Crippen LogP contribution in [0.2, 0.25) is 0 Å². The van der Waals surface area contributed by atoms with Gasteiger partial charge in [0.2, 0.25) is 5.76 Å². The van der Waals surface area contributed by atoms with Gasteiger partial charge in [0, 0.05) is 0 Å². The molecule has 0 radical (unpaired) electrons. The second kappa shape index (κ2) is 6.23. The van der Waals surface area contributed by atoms with E-state index < -0.39 is 5.97 Å². The number of hydrogen-bond acceptors (Lipinski definition) is 3. The first kappa shape index (κ1) is 13.4. The molecule has 0 aliphatic heterocycles. The SMILES string of the molecule is COC(=O)/C(=C/C=C1\CCCc2ccccc21)OC. The van der Waals surface area contributed by atoms with E-state index >= 15 is 0 Å². The van der Waals surface area contributed by atoms with Crippen molar-refractivity contribution >= 4 is 11.5 Å². The maximum Gasteiger partial charge on any atom is 0.373 e. The summed E-state index contributed by atoms with van der Waals surface area (Å²) in [4.78, 5) is 11.4. The molecule has 0 unspecified atom stereocenters. The predicted octanol–water partition coefficient (Wildman–Crippen LogP) is 3.11. The van der Waals surface area contributed by atoms with Gasteiger partial charge in [0.1, 0.15) is 0 Å². The van der Waals surface area contributed by atoms with E-state index in [2.05, 4.69) is 22.9 Å². The zero-order valence-electron chi connectivity index (χ0n) is 11.3. The van der Waals surface area contributed by atoms with Crippen LogP contribution < -0.4 is 0 Å². The summed E-state index contributed by atoms with van der Waals surface area (Å²) in [5.74, 6) is -0.235. The summed E-state index contributed by atoms with van der Waals surface area (Å²) in [6.07, 6.45) is 6.91. The zero-order valence-corrected chi connectivity index (χ0v) is 11.3. The van der Waals surface area contributed by atoms with Crippen molar-refractivity contribution in [1.29, 1.82) is 0 Å². The fourth-order valence-electron chi connectivity index (χ4n) is 2.32. The first-order valence-electron chi connectivity index (χ1n) is 6.37. The van der Waals surface area contributed by atoms with Crippen molar-refractivity contribution in [3.05, 3.63) is 53.3 Å². The first-order valence-corrected chi connectivity index (χ1v) is 6.37. The monoisotopic (exact) mass is 258 g/mol. The van der Waals surface area contributed by atoms with E-state index in [1.807, 2.05) is 12.1 Å². The fourth-order valence-corrected chi connectivity index (χ4v) is 2.32. The molecule has 19 heavy (non-hydrogen) atoms. The number of allylic oxidation sites excluding steroid dienone is 3. The highest BCUT2D eigenvalue weighted by Crippen LogP contribution is 2.30. The lowest BCUT2D eigenvalue weighted by Crippen LogP contribution is -2.06. The molecule has 0 N–H and O–H groups in total. The second-order valence-electron chi connectivity index (χ2n) is 4.43. The minimum Gasteiger partial charge on any atom is -0.490 e. The Balaban J connectivity index is 2.30. The summed E-state index contributed by atoms with van der Waals surface area (Å²) in [7, 11) is 2.81. The van der Waals surface area contributed by atoms with E-state index in [0.29, 0.717) is 0 Å². The lowest BCUT2D eigenvalue weighted by atomic mass is 9.87. The number of rotatable bonds is 3. The van der Waals surface area contributed by atoms with Crippen molar-refractivity contribution in [1.82, 2.24) is 0 Å². The number of methoxy groups -OCH3 is 2. The molecule has 0 fully saturated rings. The molecular formula is C16H18O3. The van der Waals surface area contributed by atoms with Gasteiger partial charge in [-0.15, -0.1) is 0 Å². The van der Waals surface area contributed by atoms with E-state index in [4.69, 9.17) is 4.74 Å². The van der Waals surface area contributed by atoms with Crippen LogP contribution in [0.15, 0.2) is 42.2 Å². The number of carbonyl (C=O) groups excluding carboxylic acids is 1. The van der Waals surface area contributed by atoms with Crippen molar-refractivity contribution in [3.8, 4) is 0 Å². The van der Waals surface area contributed by atoms with Gasteiger partial charge >= 0.3 is 5.97 Å². The summed E-state index contributed by atoms with van der Waals surface area (Å²) in [5.41, 5.74) is 3.87. The molecule has 1 aliphatic carbocycles. The largest absolute Gasteiger partial charge is 0.490 e. The highest BCUT2D eigenvalue weighted by Gasteiger charge is 2.13. The average Bonchev–Trinajstić information content (AvgIpc) is 2.47. The Morgan fingerprint density at radius 1 is 1.16 bits per heavy atom. The predicted molar refractivity (Wildman–Crippen MR) is 74.5 cm³/mol. The van der Waals surface area contributed by atoms with Crippen LogP contribution in [0.3, 0.4) is 0 Å². The van der Waals surface area contributed by atoms with E-state index in [9.17, 15) is 4.79 Å². The molecule has 3 nitrogen and oxygen atoms in total. The molecule has 0 saturated carbocycles. The van der Waals surface area contributed by atoms with E-state index in [0.717, 1.165) is 19.3 Å². The van der Waals surface area contributed by atoms with Crippen molar-refractivity contribution in [2.75, 3.05) is 14.2 Å². The summed E-state index contributed by atoms with van der Waals surface area (Å²) in [6, 6.07) is 8.38. The van der Waals surface area contributed by atoms with Gasteiger partial charge in [0.05, 0.1) is 14.2 Å². The maximum absolute atomic E-state index is 11.4. The molecule has 2 rings (SSSR count). The first-order chi connectivity index (χ1) is 9.26. The molecular weight excluding hydrogens is 240 g/mol. The Bertz CT molecular complexity index is 527. The smallest absolute Gasteiger partial charge is 0.373 e. The molecule has 0 spiro atoms. The molecule has 0 atom stereocenters. The van der Waals surface area contributed by atoms with Crippen LogP contribution in [0.5, 0.6) is 0 Å². The number of hydrogen-bond donors (Lipinski definition) is 0. The van der Waals surface area contributed by atoms with Crippen LogP contribution in [0.1, 0.15) is 24.0 Å². The second-order valence-corrected chi connectivity index (χ2v) is 4.43. The van der Waals surface area contributed by atoms with Crippen molar-refractivity contribution in [2.24, 2.45) is 0 Å². The van der Waals surface area contributed by atoms with Crippen LogP contribution in [0.4, 0.5) is 0 Å². The molecule has 100 valence electrons. The standard InChI is InChI=1S/C16H18O3/c1-18-15(16(17)19-2)11-10-13-8-5-7-12-6-3-4-9-14(12)13/h3-4,6,9-11H,5,7-8H2,1-2H3/b13-10+,15-11-. The van der Waals surface area contributed by atoms with Gasteiger partial charge in [-0.05, 0) is 42.0 Å². The Labute approximate surface area is 113 Å². The normalized spacial score (nSPS) is 16.9. The van der Waals surface area contributed by atoms with Crippen molar-refractivity contribution < 1.29 is 14.3 Å². The average molecular weight is 258 g/mol. The molecule has 0 aromatic heterocycles. The molecule has 3 heteroatoms. The van der Waals surface area contributed by atoms with Crippen LogP contribution in [-0.4, -0.2) is 20.2 Å². The van der Waals surface area contributed by atoms with Gasteiger partial charge in [-0.1, -0.05) is 30.3 Å². The van der Waals surface area contributed by atoms with E-state index in [1.54, 1.807) is 6.08 Å². The van der Waals surface area contributed by atoms with Crippen LogP contribution >= 0.6 is 0 Å². The Morgan fingerprint density at radius 3 is 2.68 bits per heavy atom. The number of ether oxygens (including phenoxy) is 2. The van der Waals surface area contributed by atoms with Crippen LogP contribution in [0.25, 0.3) is 5.57 Å². The number of benzene rings is 1. The van der Waals surface area contributed by atoms with Gasteiger partial charge in [-0.25, -0.2) is 4.79 Å². The molecule has 0 heterocycles. The molecule has 0 bridgehead atoms. The number of fused-ring (bicyclic) bond motifs is 1. The van der Waals surface area contributed by atoms with Gasteiger partial charge in [0.25, 0.3) is 0 Å².